The van der Waals surface area contributed by atoms with Crippen molar-refractivity contribution < 1.29 is 39.9 Å². The fraction of sp³-hybridized carbons (Fsp3) is 1.00. The van der Waals surface area contributed by atoms with Crippen molar-refractivity contribution in [1.29, 1.82) is 0 Å². The molecule has 9 heteroatoms. The van der Waals surface area contributed by atoms with Crippen LogP contribution in [-0.4, -0.2) is 24.1 Å². The molecule has 0 N–H and O–H groups in total. The Balaban J connectivity index is 5.27. The fourth-order valence-electron chi connectivity index (χ4n) is 0.917. The summed E-state index contributed by atoms with van der Waals surface area (Å²) in [5.74, 6) is -9.35. The predicted molar refractivity (Wildman–Crippen MR) is 41.5 cm³/mol. The zero-order valence-corrected chi connectivity index (χ0v) is 8.85. The number of alkyl halides is 8. The monoisotopic (exact) mass is 274 g/mol. The predicted octanol–water partition coefficient (Wildman–Crippen LogP) is 4.28. The van der Waals surface area contributed by atoms with Gasteiger partial charge in [0.25, 0.3) is 0 Å². The van der Waals surface area contributed by atoms with Crippen molar-refractivity contribution in [2.75, 3.05) is 0 Å². The third-order valence-corrected chi connectivity index (χ3v) is 2.08. The average Bonchev–Trinajstić information content (AvgIpc) is 2.13. The smallest absolute Gasteiger partial charge is 0.294 e. The third-order valence-electron chi connectivity index (χ3n) is 2.08. The van der Waals surface area contributed by atoms with Crippen molar-refractivity contribution in [2.45, 2.75) is 50.8 Å². The molecular weight excluding hydrogens is 264 g/mol. The highest BCUT2D eigenvalue weighted by molar-refractivity contribution is 4.84. The molecule has 0 fully saturated rings. The molecule has 0 bridgehead atoms. The maximum absolute atomic E-state index is 13.2. The molecule has 2 unspecified atom stereocenters. The highest BCUT2D eigenvalue weighted by Crippen LogP contribution is 2.47. The summed E-state index contributed by atoms with van der Waals surface area (Å²) >= 11 is 0. The largest absolute Gasteiger partial charge is 0.448 e. The molecule has 0 saturated heterocycles. The lowest BCUT2D eigenvalue weighted by Crippen LogP contribution is -2.54. The van der Waals surface area contributed by atoms with Gasteiger partial charge in [-0.15, -0.1) is 0 Å². The number of rotatable bonds is 4. The van der Waals surface area contributed by atoms with Gasteiger partial charge in [0.15, 0.2) is 0 Å². The maximum atomic E-state index is 13.2. The van der Waals surface area contributed by atoms with E-state index >= 15 is 0 Å². The molecule has 0 amide bonds. The SMILES string of the molecule is CCC(F)(OC(F)(CC)C(F)(F)F)C(F)(F)F. The third kappa shape index (κ3) is 3.20. The second kappa shape index (κ2) is 4.58. The van der Waals surface area contributed by atoms with Crippen LogP contribution in [0.3, 0.4) is 0 Å². The Labute approximate surface area is 91.7 Å². The van der Waals surface area contributed by atoms with Crippen LogP contribution in [0.1, 0.15) is 26.7 Å². The second-order valence-electron chi connectivity index (χ2n) is 3.26. The molecule has 0 aromatic rings. The first kappa shape index (κ1) is 16.4. The van der Waals surface area contributed by atoms with Crippen LogP contribution >= 0.6 is 0 Å². The van der Waals surface area contributed by atoms with Gasteiger partial charge in [-0.3, -0.25) is 4.74 Å². The Bertz CT molecular complexity index is 233. The van der Waals surface area contributed by atoms with Crippen LogP contribution in [0, 0.1) is 0 Å². The molecular formula is C8H10F8O. The topological polar surface area (TPSA) is 9.23 Å². The Morgan fingerprint density at radius 1 is 0.647 bits per heavy atom. The number of hydrogen-bond acceptors (Lipinski definition) is 1. The average molecular weight is 274 g/mol. The van der Waals surface area contributed by atoms with E-state index in [0.717, 1.165) is 0 Å². The molecule has 0 aliphatic heterocycles. The molecule has 0 aromatic heterocycles. The molecule has 0 rings (SSSR count). The summed E-state index contributed by atoms with van der Waals surface area (Å²) in [5, 5.41) is 0. The van der Waals surface area contributed by atoms with Gasteiger partial charge in [-0.25, -0.2) is 8.78 Å². The second-order valence-corrected chi connectivity index (χ2v) is 3.26. The van der Waals surface area contributed by atoms with E-state index < -0.39 is 36.9 Å². The summed E-state index contributed by atoms with van der Waals surface area (Å²) in [6.07, 6.45) is -14.5. The van der Waals surface area contributed by atoms with Gasteiger partial charge < -0.3 is 0 Å². The lowest BCUT2D eigenvalue weighted by Gasteiger charge is -2.35. The van der Waals surface area contributed by atoms with Crippen molar-refractivity contribution in [3.05, 3.63) is 0 Å². The number of ether oxygens (including phenoxy) is 1. The van der Waals surface area contributed by atoms with Crippen molar-refractivity contribution >= 4 is 0 Å². The summed E-state index contributed by atoms with van der Waals surface area (Å²) in [5.41, 5.74) is 0. The highest BCUT2D eigenvalue weighted by atomic mass is 19.4. The molecule has 0 saturated carbocycles. The van der Waals surface area contributed by atoms with E-state index in [0.29, 0.717) is 13.8 Å². The molecule has 0 spiro atoms. The van der Waals surface area contributed by atoms with Gasteiger partial charge in [-0.05, 0) is 0 Å². The lowest BCUT2D eigenvalue weighted by molar-refractivity contribution is -0.434. The maximum Gasteiger partial charge on any atom is 0.448 e. The minimum absolute atomic E-state index is 0.597. The fourth-order valence-corrected chi connectivity index (χ4v) is 0.917. The van der Waals surface area contributed by atoms with Crippen LogP contribution in [0.15, 0.2) is 0 Å². The molecule has 0 aliphatic rings. The minimum Gasteiger partial charge on any atom is -0.294 e. The molecule has 2 atom stereocenters. The van der Waals surface area contributed by atoms with Gasteiger partial charge in [-0.2, -0.15) is 26.3 Å². The van der Waals surface area contributed by atoms with Gasteiger partial charge in [0.05, 0.1) is 0 Å². The van der Waals surface area contributed by atoms with Crippen molar-refractivity contribution in [3.63, 3.8) is 0 Å². The van der Waals surface area contributed by atoms with Crippen LogP contribution in [0.2, 0.25) is 0 Å². The molecule has 104 valence electrons. The first-order chi connectivity index (χ1) is 7.33. The lowest BCUT2D eigenvalue weighted by atomic mass is 10.1. The van der Waals surface area contributed by atoms with Crippen molar-refractivity contribution in [2.24, 2.45) is 0 Å². The summed E-state index contributed by atoms with van der Waals surface area (Å²) in [6.45, 7) is 1.19. The molecule has 17 heavy (non-hydrogen) atoms. The van der Waals surface area contributed by atoms with Crippen LogP contribution in [0.5, 0.6) is 0 Å². The zero-order valence-electron chi connectivity index (χ0n) is 8.85. The van der Waals surface area contributed by atoms with Crippen LogP contribution < -0.4 is 0 Å². The number of halogens is 8. The van der Waals surface area contributed by atoms with Gasteiger partial charge in [0, 0.05) is 12.8 Å². The molecule has 0 aromatic carbocycles. The van der Waals surface area contributed by atoms with E-state index in [1.807, 2.05) is 0 Å². The standard InChI is InChI=1S/C8H10F8O/c1-3-5(9,7(11,12)13)17-6(10,4-2)8(14,15)16/h3-4H2,1-2H3. The van der Waals surface area contributed by atoms with Crippen LogP contribution in [0.4, 0.5) is 35.1 Å². The summed E-state index contributed by atoms with van der Waals surface area (Å²) in [4.78, 5) is 0. The van der Waals surface area contributed by atoms with Gasteiger partial charge in [0.1, 0.15) is 0 Å². The summed E-state index contributed by atoms with van der Waals surface area (Å²) in [6, 6.07) is 0. The molecule has 0 heterocycles. The first-order valence-corrected chi connectivity index (χ1v) is 4.54. The Kier molecular flexibility index (Phi) is 4.42. The van der Waals surface area contributed by atoms with Crippen LogP contribution in [0.25, 0.3) is 0 Å². The van der Waals surface area contributed by atoms with Crippen molar-refractivity contribution in [1.82, 2.24) is 0 Å². The van der Waals surface area contributed by atoms with Gasteiger partial charge in [-0.1, -0.05) is 13.8 Å². The quantitative estimate of drug-likeness (QED) is 0.695. The van der Waals surface area contributed by atoms with Crippen molar-refractivity contribution in [3.8, 4) is 0 Å². The van der Waals surface area contributed by atoms with E-state index in [4.69, 9.17) is 0 Å². The van der Waals surface area contributed by atoms with E-state index in [-0.39, 0.29) is 0 Å². The normalized spacial score (nSPS) is 20.8. The van der Waals surface area contributed by atoms with Crippen LogP contribution in [-0.2, 0) is 4.74 Å². The van der Waals surface area contributed by atoms with E-state index in [9.17, 15) is 35.1 Å². The molecule has 0 aliphatic carbocycles. The number of hydrogen-bond donors (Lipinski definition) is 0. The summed E-state index contributed by atoms with van der Waals surface area (Å²) in [7, 11) is 0. The highest BCUT2D eigenvalue weighted by Gasteiger charge is 2.66. The van der Waals surface area contributed by atoms with E-state index in [2.05, 4.69) is 4.74 Å². The Hall–Kier alpha value is -0.600. The first-order valence-electron chi connectivity index (χ1n) is 4.54. The van der Waals surface area contributed by atoms with Gasteiger partial charge in [0.2, 0.25) is 0 Å². The Morgan fingerprint density at radius 2 is 0.882 bits per heavy atom. The van der Waals surface area contributed by atoms with E-state index in [1.165, 1.54) is 0 Å². The molecule has 1 nitrogen and oxygen atoms in total. The summed E-state index contributed by atoms with van der Waals surface area (Å²) < 4.78 is 102. The molecule has 0 radical (unpaired) electrons. The zero-order chi connectivity index (χ0) is 14.1. The Morgan fingerprint density at radius 3 is 1.00 bits per heavy atom. The van der Waals surface area contributed by atoms with Gasteiger partial charge >= 0.3 is 24.1 Å². The minimum atomic E-state index is -5.75. The van der Waals surface area contributed by atoms with E-state index in [1.54, 1.807) is 0 Å².